The molecule has 0 aromatic carbocycles. The lowest BCUT2D eigenvalue weighted by Gasteiger charge is -2.15. The Morgan fingerprint density at radius 1 is 1.64 bits per heavy atom. The molecule has 5 nitrogen and oxygen atoms in total. The molecule has 0 aromatic rings. The van der Waals surface area contributed by atoms with Crippen LogP contribution in [0.1, 0.15) is 20.8 Å². The lowest BCUT2D eigenvalue weighted by Crippen LogP contribution is -2.28. The van der Waals surface area contributed by atoms with Gasteiger partial charge in [-0.1, -0.05) is 0 Å². The molecule has 1 saturated heterocycles. The number of esters is 1. The van der Waals surface area contributed by atoms with Crippen molar-refractivity contribution in [2.75, 3.05) is 6.61 Å². The van der Waals surface area contributed by atoms with Gasteiger partial charge in [-0.15, -0.1) is 0 Å². The number of hydrogen-bond donors (Lipinski definition) is 0. The van der Waals surface area contributed by atoms with E-state index in [4.69, 9.17) is 14.2 Å². The summed E-state index contributed by atoms with van der Waals surface area (Å²) in [5.41, 5.74) is 0. The quantitative estimate of drug-likeness (QED) is 0.477. The van der Waals surface area contributed by atoms with Crippen LogP contribution in [0.3, 0.4) is 0 Å². The van der Waals surface area contributed by atoms with E-state index in [2.05, 4.69) is 0 Å². The third kappa shape index (κ3) is 2.13. The standard InChI is InChI=1S/C9H12O5/c1-4-12-8(11)7-6(5-10)13-9(2,3)14-7/h7H,4H2,1-3H3/t7-/m0/s1. The maximum Gasteiger partial charge on any atom is 0.344 e. The average Bonchev–Trinajstić information content (AvgIpc) is 2.41. The summed E-state index contributed by atoms with van der Waals surface area (Å²) >= 11 is 0. The van der Waals surface area contributed by atoms with E-state index in [1.165, 1.54) is 5.94 Å². The van der Waals surface area contributed by atoms with Gasteiger partial charge in [0.1, 0.15) is 0 Å². The lowest BCUT2D eigenvalue weighted by atomic mass is 10.3. The Hall–Kier alpha value is -1.32. The van der Waals surface area contributed by atoms with Crippen LogP contribution in [0.15, 0.2) is 5.76 Å². The SMILES string of the molecule is CCOC(=O)[C@H]1OC(C)(C)OC1=C=O. The molecule has 0 radical (unpaired) electrons. The van der Waals surface area contributed by atoms with Crippen molar-refractivity contribution in [3.05, 3.63) is 5.76 Å². The maximum absolute atomic E-state index is 11.3. The topological polar surface area (TPSA) is 61.8 Å². The molecule has 1 rings (SSSR count). The molecule has 1 atom stereocenters. The Balaban J connectivity index is 2.79. The van der Waals surface area contributed by atoms with Gasteiger partial charge in [-0.2, -0.15) is 0 Å². The molecule has 1 aliphatic heterocycles. The molecular weight excluding hydrogens is 188 g/mol. The van der Waals surface area contributed by atoms with Crippen LogP contribution >= 0.6 is 0 Å². The summed E-state index contributed by atoms with van der Waals surface area (Å²) in [4.78, 5) is 21.7. The minimum absolute atomic E-state index is 0.159. The van der Waals surface area contributed by atoms with Crippen LogP contribution in [-0.2, 0) is 23.8 Å². The molecule has 0 saturated carbocycles. The Labute approximate surface area is 81.6 Å². The molecule has 0 spiro atoms. The third-order valence-corrected chi connectivity index (χ3v) is 1.60. The molecule has 0 unspecified atom stereocenters. The van der Waals surface area contributed by atoms with Gasteiger partial charge in [0, 0.05) is 13.8 Å². The first-order chi connectivity index (χ1) is 6.50. The van der Waals surface area contributed by atoms with E-state index < -0.39 is 17.9 Å². The van der Waals surface area contributed by atoms with Crippen molar-refractivity contribution in [2.24, 2.45) is 0 Å². The van der Waals surface area contributed by atoms with Crippen molar-refractivity contribution in [1.29, 1.82) is 0 Å². The zero-order valence-corrected chi connectivity index (χ0v) is 8.33. The highest BCUT2D eigenvalue weighted by Crippen LogP contribution is 2.29. The number of rotatable bonds is 2. The van der Waals surface area contributed by atoms with Crippen molar-refractivity contribution >= 4 is 11.9 Å². The Kier molecular flexibility index (Phi) is 2.93. The van der Waals surface area contributed by atoms with Crippen LogP contribution in [0.4, 0.5) is 0 Å². The summed E-state index contributed by atoms with van der Waals surface area (Å²) in [6.07, 6.45) is -1.08. The van der Waals surface area contributed by atoms with Gasteiger partial charge in [0.05, 0.1) is 6.61 Å². The van der Waals surface area contributed by atoms with Crippen molar-refractivity contribution in [1.82, 2.24) is 0 Å². The lowest BCUT2D eigenvalue weighted by molar-refractivity contribution is -0.169. The molecule has 78 valence electrons. The smallest absolute Gasteiger partial charge is 0.344 e. The van der Waals surface area contributed by atoms with Gasteiger partial charge in [0.15, 0.2) is 5.94 Å². The number of carbonyl (C=O) groups is 1. The van der Waals surface area contributed by atoms with E-state index in [-0.39, 0.29) is 12.4 Å². The van der Waals surface area contributed by atoms with Crippen molar-refractivity contribution < 1.29 is 23.8 Å². The van der Waals surface area contributed by atoms with Gasteiger partial charge in [0.2, 0.25) is 17.7 Å². The second kappa shape index (κ2) is 3.82. The third-order valence-electron chi connectivity index (χ3n) is 1.60. The Bertz CT molecular complexity index is 288. The molecular formula is C9H12O5. The maximum atomic E-state index is 11.3. The van der Waals surface area contributed by atoms with Crippen LogP contribution < -0.4 is 0 Å². The number of carbonyl (C=O) groups excluding carboxylic acids is 2. The summed E-state index contributed by atoms with van der Waals surface area (Å²) < 4.78 is 14.9. The molecule has 14 heavy (non-hydrogen) atoms. The number of hydrogen-bond acceptors (Lipinski definition) is 5. The monoisotopic (exact) mass is 200 g/mol. The minimum atomic E-state index is -1.08. The fourth-order valence-corrected chi connectivity index (χ4v) is 1.13. The van der Waals surface area contributed by atoms with Gasteiger partial charge in [-0.3, -0.25) is 0 Å². The minimum Gasteiger partial charge on any atom is -0.464 e. The highest BCUT2D eigenvalue weighted by Gasteiger charge is 2.44. The molecule has 5 heteroatoms. The van der Waals surface area contributed by atoms with Crippen LogP contribution in [0.25, 0.3) is 0 Å². The van der Waals surface area contributed by atoms with Crippen molar-refractivity contribution in [2.45, 2.75) is 32.7 Å². The molecule has 1 aliphatic rings. The molecule has 0 amide bonds. The average molecular weight is 200 g/mol. The van der Waals surface area contributed by atoms with Crippen LogP contribution in [0, 0.1) is 0 Å². The van der Waals surface area contributed by atoms with Crippen molar-refractivity contribution in [3.8, 4) is 0 Å². The summed E-state index contributed by atoms with van der Waals surface area (Å²) in [6, 6.07) is 0. The van der Waals surface area contributed by atoms with Crippen LogP contribution in [-0.4, -0.2) is 30.4 Å². The van der Waals surface area contributed by atoms with Gasteiger partial charge in [-0.05, 0) is 6.92 Å². The zero-order chi connectivity index (χ0) is 10.8. The van der Waals surface area contributed by atoms with Crippen LogP contribution in [0.2, 0.25) is 0 Å². The first-order valence-electron chi connectivity index (χ1n) is 4.28. The van der Waals surface area contributed by atoms with E-state index in [1.807, 2.05) is 0 Å². The molecule has 0 N–H and O–H groups in total. The second-order valence-corrected chi connectivity index (χ2v) is 3.22. The first-order valence-corrected chi connectivity index (χ1v) is 4.28. The Morgan fingerprint density at radius 3 is 2.79 bits per heavy atom. The molecule has 1 heterocycles. The van der Waals surface area contributed by atoms with Gasteiger partial charge in [0.25, 0.3) is 0 Å². The van der Waals surface area contributed by atoms with Gasteiger partial charge in [-0.25, -0.2) is 9.59 Å². The molecule has 0 aromatic heterocycles. The van der Waals surface area contributed by atoms with E-state index in [1.54, 1.807) is 20.8 Å². The fraction of sp³-hybridized carbons (Fsp3) is 0.667. The van der Waals surface area contributed by atoms with Gasteiger partial charge >= 0.3 is 5.97 Å². The summed E-state index contributed by atoms with van der Waals surface area (Å²) in [5, 5.41) is 0. The van der Waals surface area contributed by atoms with Crippen molar-refractivity contribution in [3.63, 3.8) is 0 Å². The van der Waals surface area contributed by atoms with E-state index in [0.717, 1.165) is 0 Å². The molecule has 0 bridgehead atoms. The highest BCUT2D eigenvalue weighted by atomic mass is 16.8. The van der Waals surface area contributed by atoms with E-state index in [0.29, 0.717) is 0 Å². The predicted octanol–water partition coefficient (Wildman–Crippen LogP) is 0.416. The molecule has 1 fully saturated rings. The fourth-order valence-electron chi connectivity index (χ4n) is 1.13. The normalized spacial score (nSPS) is 23.9. The van der Waals surface area contributed by atoms with E-state index >= 15 is 0 Å². The van der Waals surface area contributed by atoms with Crippen LogP contribution in [0.5, 0.6) is 0 Å². The summed E-state index contributed by atoms with van der Waals surface area (Å²) in [5.74, 6) is -0.242. The number of ether oxygens (including phenoxy) is 3. The first kappa shape index (κ1) is 10.8. The zero-order valence-electron chi connectivity index (χ0n) is 8.33. The van der Waals surface area contributed by atoms with E-state index in [9.17, 15) is 9.59 Å². The summed E-state index contributed by atoms with van der Waals surface area (Å²) in [7, 11) is 0. The Morgan fingerprint density at radius 2 is 2.29 bits per heavy atom. The predicted molar refractivity (Wildman–Crippen MR) is 45.9 cm³/mol. The van der Waals surface area contributed by atoms with Gasteiger partial charge < -0.3 is 14.2 Å². The largest absolute Gasteiger partial charge is 0.464 e. The summed E-state index contributed by atoms with van der Waals surface area (Å²) in [6.45, 7) is 5.10. The molecule has 0 aliphatic carbocycles. The highest BCUT2D eigenvalue weighted by molar-refractivity contribution is 5.81. The second-order valence-electron chi connectivity index (χ2n) is 3.22.